The summed E-state index contributed by atoms with van der Waals surface area (Å²) in [6.07, 6.45) is 8.61. The molecule has 4 aliphatic heterocycles. The van der Waals surface area contributed by atoms with Gasteiger partial charge in [0.05, 0.1) is 23.1 Å². The number of nitrogens with zero attached hydrogens (tertiary/aromatic N) is 8. The number of hydrogen-bond donors (Lipinski definition) is 3. The molecular weight excluding hydrogens is 743 g/mol. The van der Waals surface area contributed by atoms with E-state index in [1.54, 1.807) is 30.9 Å². The number of hydrogen-bond acceptors (Lipinski definition) is 12. The van der Waals surface area contributed by atoms with Crippen LogP contribution in [0, 0.1) is 12.8 Å². The van der Waals surface area contributed by atoms with E-state index < -0.39 is 29.7 Å². The van der Waals surface area contributed by atoms with E-state index >= 15 is 0 Å². The van der Waals surface area contributed by atoms with Gasteiger partial charge in [0.15, 0.2) is 11.5 Å². The number of pyridine rings is 1. The van der Waals surface area contributed by atoms with E-state index in [4.69, 9.17) is 0 Å². The number of nitrogens with one attached hydrogen (secondary N) is 3. The fourth-order valence-corrected chi connectivity index (χ4v) is 9.07. The van der Waals surface area contributed by atoms with Gasteiger partial charge in [-0.1, -0.05) is 12.1 Å². The number of benzene rings is 1. The van der Waals surface area contributed by atoms with Crippen molar-refractivity contribution in [3.8, 4) is 0 Å². The Morgan fingerprint density at radius 2 is 1.64 bits per heavy atom. The average Bonchev–Trinajstić information content (AvgIpc) is 3.75. The molecule has 4 aromatic rings. The van der Waals surface area contributed by atoms with E-state index in [0.29, 0.717) is 60.9 Å². The molecule has 5 aliphatic rings. The number of carbonyl (C=O) groups is 6. The summed E-state index contributed by atoms with van der Waals surface area (Å²) in [6.45, 7) is 4.41. The van der Waals surface area contributed by atoms with Gasteiger partial charge in [-0.25, -0.2) is 19.9 Å². The Balaban J connectivity index is 0.744. The smallest absolute Gasteiger partial charge is 0.270 e. The highest BCUT2D eigenvalue weighted by Crippen LogP contribution is 2.37. The molecular formula is C41H45N11O6. The molecule has 17 nitrogen and oxygen atoms in total. The second-order valence-electron chi connectivity index (χ2n) is 16.1. The Bertz CT molecular complexity index is 2320. The zero-order chi connectivity index (χ0) is 40.1. The van der Waals surface area contributed by atoms with E-state index in [-0.39, 0.29) is 54.3 Å². The molecule has 17 heteroatoms. The van der Waals surface area contributed by atoms with Crippen LogP contribution in [-0.2, 0) is 14.4 Å². The standard InChI is InChI=1S/C41H45N11O6/c1-23-4-2-6-29(45-23)38(55)47-26-19-27(20-26)51-22-44-35-36(42-21-43-37(35)51)46-25-12-16-50(17-13-25)33(54)18-24-10-14-49(15-11-24)30-7-3-5-28-34(30)41(58)52(40(28)57)31-8-9-32(53)48-39(31)56/h2-7,21-22,24-27,31H,8-20H2,1H3,(H,47,55)(H,42,43,46)(H,48,53,56). The van der Waals surface area contributed by atoms with E-state index in [0.717, 1.165) is 54.8 Å². The molecule has 1 unspecified atom stereocenters. The van der Waals surface area contributed by atoms with Crippen molar-refractivity contribution in [3.05, 3.63) is 71.6 Å². The van der Waals surface area contributed by atoms with Crippen LogP contribution in [0.3, 0.4) is 0 Å². The van der Waals surface area contributed by atoms with Crippen molar-refractivity contribution >= 4 is 58.1 Å². The van der Waals surface area contributed by atoms with E-state index in [2.05, 4.69) is 45.4 Å². The summed E-state index contributed by atoms with van der Waals surface area (Å²) in [5, 5.41) is 8.89. The van der Waals surface area contributed by atoms with Crippen LogP contribution in [0.15, 0.2) is 49.1 Å². The number of aryl methyl sites for hydroxylation is 1. The van der Waals surface area contributed by atoms with Crippen LogP contribution in [-0.4, -0.2) is 114 Å². The van der Waals surface area contributed by atoms with E-state index in [9.17, 15) is 28.8 Å². The Kier molecular flexibility index (Phi) is 9.81. The lowest BCUT2D eigenvalue weighted by Crippen LogP contribution is -2.54. The summed E-state index contributed by atoms with van der Waals surface area (Å²) in [4.78, 5) is 100. The Labute approximate surface area is 334 Å². The largest absolute Gasteiger partial charge is 0.371 e. The maximum Gasteiger partial charge on any atom is 0.270 e. The predicted molar refractivity (Wildman–Crippen MR) is 210 cm³/mol. The monoisotopic (exact) mass is 787 g/mol. The fourth-order valence-electron chi connectivity index (χ4n) is 9.07. The van der Waals surface area contributed by atoms with Crippen molar-refractivity contribution in [2.24, 2.45) is 5.92 Å². The second kappa shape index (κ2) is 15.2. The first-order valence-electron chi connectivity index (χ1n) is 20.2. The van der Waals surface area contributed by atoms with Crippen molar-refractivity contribution in [1.29, 1.82) is 0 Å². The number of fused-ring (bicyclic) bond motifs is 2. The third kappa shape index (κ3) is 7.02. The number of likely N-dealkylation sites (tertiary alicyclic amines) is 1. The van der Waals surface area contributed by atoms with Gasteiger partial charge in [-0.05, 0) is 82.1 Å². The van der Waals surface area contributed by atoms with Crippen LogP contribution >= 0.6 is 0 Å². The second-order valence-corrected chi connectivity index (χ2v) is 16.1. The lowest BCUT2D eigenvalue weighted by molar-refractivity contribution is -0.136. The van der Waals surface area contributed by atoms with Crippen LogP contribution in [0.2, 0.25) is 0 Å². The highest BCUT2D eigenvalue weighted by molar-refractivity contribution is 6.25. The van der Waals surface area contributed by atoms with Crippen LogP contribution in [0.4, 0.5) is 11.5 Å². The zero-order valence-corrected chi connectivity index (χ0v) is 32.2. The predicted octanol–water partition coefficient (Wildman–Crippen LogP) is 2.77. The molecule has 58 heavy (non-hydrogen) atoms. The van der Waals surface area contributed by atoms with E-state index in [1.165, 1.54) is 0 Å². The Hall–Kier alpha value is -6.26. The number of rotatable bonds is 9. The minimum Gasteiger partial charge on any atom is -0.371 e. The molecule has 0 radical (unpaired) electrons. The van der Waals surface area contributed by atoms with Gasteiger partial charge in [-0.2, -0.15) is 0 Å². The summed E-state index contributed by atoms with van der Waals surface area (Å²) < 4.78 is 2.06. The number of piperidine rings is 3. The minimum atomic E-state index is -1.01. The number of anilines is 2. The lowest BCUT2D eigenvalue weighted by atomic mass is 9.86. The van der Waals surface area contributed by atoms with Gasteiger partial charge in [0, 0.05) is 62.8 Å². The fraction of sp³-hybridized carbons (Fsp3) is 0.463. The van der Waals surface area contributed by atoms with E-state index in [1.807, 2.05) is 30.0 Å². The van der Waals surface area contributed by atoms with Crippen LogP contribution in [0.25, 0.3) is 11.2 Å². The number of imide groups is 2. The average molecular weight is 788 g/mol. The van der Waals surface area contributed by atoms with Crippen molar-refractivity contribution in [2.75, 3.05) is 36.4 Å². The number of carbonyl (C=O) groups excluding carboxylic acids is 6. The third-order valence-electron chi connectivity index (χ3n) is 12.4. The normalized spacial score (nSPS) is 22.8. The molecule has 4 fully saturated rings. The van der Waals surface area contributed by atoms with Crippen molar-refractivity contribution in [3.63, 3.8) is 0 Å². The van der Waals surface area contributed by atoms with Gasteiger partial charge in [-0.15, -0.1) is 0 Å². The quantitative estimate of drug-likeness (QED) is 0.210. The highest BCUT2D eigenvalue weighted by atomic mass is 16.2. The topological polar surface area (TPSA) is 205 Å². The molecule has 3 saturated heterocycles. The molecule has 300 valence electrons. The number of amides is 6. The lowest BCUT2D eigenvalue weighted by Gasteiger charge is -2.37. The summed E-state index contributed by atoms with van der Waals surface area (Å²) in [5.41, 5.74) is 3.89. The summed E-state index contributed by atoms with van der Waals surface area (Å²) in [5.74, 6) is -1.22. The first kappa shape index (κ1) is 37.3. The molecule has 1 saturated carbocycles. The molecule has 1 atom stereocenters. The maximum atomic E-state index is 13.6. The first-order chi connectivity index (χ1) is 28.1. The molecule has 0 bridgehead atoms. The number of aromatic nitrogens is 5. The van der Waals surface area contributed by atoms with Gasteiger partial charge in [-0.3, -0.25) is 39.0 Å². The molecule has 3 N–H and O–H groups in total. The molecule has 1 aromatic carbocycles. The van der Waals surface area contributed by atoms with Crippen molar-refractivity contribution < 1.29 is 28.8 Å². The van der Waals surface area contributed by atoms with Crippen LogP contribution in [0.1, 0.15) is 101 Å². The first-order valence-corrected chi connectivity index (χ1v) is 20.2. The van der Waals surface area contributed by atoms with Gasteiger partial charge in [0.25, 0.3) is 17.7 Å². The summed E-state index contributed by atoms with van der Waals surface area (Å²) >= 11 is 0. The summed E-state index contributed by atoms with van der Waals surface area (Å²) in [6, 6.07) is 9.94. The summed E-state index contributed by atoms with van der Waals surface area (Å²) in [7, 11) is 0. The Morgan fingerprint density at radius 3 is 2.40 bits per heavy atom. The molecule has 0 spiro atoms. The van der Waals surface area contributed by atoms with Gasteiger partial charge in [0.2, 0.25) is 17.7 Å². The van der Waals surface area contributed by atoms with Gasteiger partial charge < -0.3 is 25.0 Å². The molecule has 6 amide bonds. The molecule has 9 rings (SSSR count). The maximum absolute atomic E-state index is 13.6. The third-order valence-corrected chi connectivity index (χ3v) is 12.4. The van der Waals surface area contributed by atoms with Crippen LogP contribution in [0.5, 0.6) is 0 Å². The van der Waals surface area contributed by atoms with Gasteiger partial charge in [0.1, 0.15) is 23.6 Å². The van der Waals surface area contributed by atoms with Crippen molar-refractivity contribution in [1.82, 2.24) is 44.9 Å². The Morgan fingerprint density at radius 1 is 0.862 bits per heavy atom. The minimum absolute atomic E-state index is 0.0502. The highest BCUT2D eigenvalue weighted by Gasteiger charge is 2.46. The van der Waals surface area contributed by atoms with Gasteiger partial charge >= 0.3 is 0 Å². The number of imidazole rings is 1. The SMILES string of the molecule is Cc1cccc(C(=O)NC2CC(n3cnc4c(NC5CCN(C(=O)CC6CCN(c7cccc8c7C(=O)N(C7CCC(=O)NC7=O)C8=O)CC6)CC5)ncnc43)C2)n1. The van der Waals surface area contributed by atoms with Crippen molar-refractivity contribution in [2.45, 2.75) is 88.9 Å². The molecule has 1 aliphatic carbocycles. The molecule has 7 heterocycles. The van der Waals surface area contributed by atoms with Crippen LogP contribution < -0.4 is 20.9 Å². The molecule has 3 aromatic heterocycles. The zero-order valence-electron chi connectivity index (χ0n) is 32.2.